The lowest BCUT2D eigenvalue weighted by molar-refractivity contribution is -0.104. The van der Waals surface area contributed by atoms with E-state index in [-0.39, 0.29) is 6.10 Å². The molecule has 20 heavy (non-hydrogen) atoms. The average molecular weight is 282 g/mol. The van der Waals surface area contributed by atoms with Crippen LogP contribution in [-0.2, 0) is 4.79 Å². The van der Waals surface area contributed by atoms with Crippen LogP contribution >= 0.6 is 0 Å². The van der Waals surface area contributed by atoms with Gasteiger partial charge in [-0.3, -0.25) is 4.79 Å². The molecule has 0 heterocycles. The van der Waals surface area contributed by atoms with E-state index in [9.17, 15) is 9.90 Å². The van der Waals surface area contributed by atoms with E-state index in [0.717, 1.165) is 19.1 Å². The van der Waals surface area contributed by atoms with Gasteiger partial charge in [-0.05, 0) is 18.9 Å². The first-order valence-corrected chi connectivity index (χ1v) is 8.59. The monoisotopic (exact) mass is 282 g/mol. The summed E-state index contributed by atoms with van der Waals surface area (Å²) in [4.78, 5) is 10.1. The average Bonchev–Trinajstić information content (AvgIpc) is 2.45. The molecule has 0 aromatic rings. The fourth-order valence-electron chi connectivity index (χ4n) is 2.45. The Labute approximate surface area is 125 Å². The molecule has 0 aromatic carbocycles. The number of carbonyl (C=O) groups is 1. The molecule has 0 fully saturated rings. The summed E-state index contributed by atoms with van der Waals surface area (Å²) in [6.07, 6.45) is 19.8. The van der Waals surface area contributed by atoms with Crippen molar-refractivity contribution in [3.05, 3.63) is 12.2 Å². The summed E-state index contributed by atoms with van der Waals surface area (Å²) in [5.41, 5.74) is 0. The minimum atomic E-state index is -0.273. The van der Waals surface area contributed by atoms with E-state index in [1.807, 2.05) is 0 Å². The second kappa shape index (κ2) is 16.4. The molecule has 0 aromatic heterocycles. The van der Waals surface area contributed by atoms with Crippen LogP contribution < -0.4 is 0 Å². The van der Waals surface area contributed by atoms with Gasteiger partial charge in [-0.1, -0.05) is 83.6 Å². The molecule has 2 heteroatoms. The smallest absolute Gasteiger partial charge is 0.142 e. The Morgan fingerprint density at radius 2 is 1.35 bits per heavy atom. The molecule has 0 saturated heterocycles. The lowest BCUT2D eigenvalue weighted by Crippen LogP contribution is -2.04. The predicted octanol–water partition coefficient (Wildman–Crippen LogP) is 5.19. The highest BCUT2D eigenvalue weighted by Gasteiger charge is 2.01. The van der Waals surface area contributed by atoms with Crippen LogP contribution in [0.2, 0.25) is 0 Å². The molecule has 2 nitrogen and oxygen atoms in total. The number of allylic oxidation sites excluding steroid dienone is 1. The molecule has 0 rings (SSSR count). The summed E-state index contributed by atoms with van der Waals surface area (Å²) in [7, 11) is 0. The Bertz CT molecular complexity index is 223. The highest BCUT2D eigenvalue weighted by Crippen LogP contribution is 2.13. The van der Waals surface area contributed by atoms with Crippen LogP contribution in [-0.4, -0.2) is 17.5 Å². The molecule has 1 N–H and O–H groups in total. The number of aliphatic hydroxyl groups is 1. The molecule has 0 aliphatic carbocycles. The van der Waals surface area contributed by atoms with Gasteiger partial charge in [0.15, 0.2) is 0 Å². The van der Waals surface area contributed by atoms with E-state index < -0.39 is 0 Å². The Balaban J connectivity index is 3.12. The Morgan fingerprint density at radius 3 is 1.85 bits per heavy atom. The van der Waals surface area contributed by atoms with Crippen LogP contribution in [0.3, 0.4) is 0 Å². The summed E-state index contributed by atoms with van der Waals surface area (Å²) in [6, 6.07) is 0. The first kappa shape index (κ1) is 19.4. The highest BCUT2D eigenvalue weighted by atomic mass is 16.3. The molecule has 0 radical (unpaired) electrons. The largest absolute Gasteiger partial charge is 0.393 e. The van der Waals surface area contributed by atoms with Gasteiger partial charge in [0.05, 0.1) is 6.10 Å². The SMILES string of the molecule is CCCCCCCCCCCCCC(O)CC=CC=O. The van der Waals surface area contributed by atoms with Crippen LogP contribution in [0.1, 0.15) is 90.4 Å². The van der Waals surface area contributed by atoms with Crippen molar-refractivity contribution in [3.63, 3.8) is 0 Å². The summed E-state index contributed by atoms with van der Waals surface area (Å²) in [5.74, 6) is 0. The topological polar surface area (TPSA) is 37.3 Å². The maximum absolute atomic E-state index is 10.1. The lowest BCUT2D eigenvalue weighted by Gasteiger charge is -2.07. The third-order valence-electron chi connectivity index (χ3n) is 3.76. The maximum atomic E-state index is 10.1. The van der Waals surface area contributed by atoms with Crippen LogP contribution in [0, 0.1) is 0 Å². The van der Waals surface area contributed by atoms with E-state index in [0.29, 0.717) is 6.42 Å². The second-order valence-electron chi connectivity index (χ2n) is 5.78. The van der Waals surface area contributed by atoms with Gasteiger partial charge in [-0.25, -0.2) is 0 Å². The van der Waals surface area contributed by atoms with Crippen molar-refractivity contribution >= 4 is 6.29 Å². The molecule has 0 amide bonds. The maximum Gasteiger partial charge on any atom is 0.142 e. The first-order chi connectivity index (χ1) is 9.81. The number of hydrogen-bond donors (Lipinski definition) is 1. The zero-order chi connectivity index (χ0) is 14.9. The van der Waals surface area contributed by atoms with Crippen molar-refractivity contribution in [1.29, 1.82) is 0 Å². The quantitative estimate of drug-likeness (QED) is 0.255. The molecular weight excluding hydrogens is 248 g/mol. The minimum absolute atomic E-state index is 0.273. The number of aldehydes is 1. The third-order valence-corrected chi connectivity index (χ3v) is 3.76. The van der Waals surface area contributed by atoms with Crippen molar-refractivity contribution in [2.75, 3.05) is 0 Å². The van der Waals surface area contributed by atoms with Gasteiger partial charge in [0.25, 0.3) is 0 Å². The molecule has 1 atom stereocenters. The number of hydrogen-bond acceptors (Lipinski definition) is 2. The normalized spacial score (nSPS) is 12.9. The molecule has 0 spiro atoms. The van der Waals surface area contributed by atoms with Crippen LogP contribution in [0.15, 0.2) is 12.2 Å². The van der Waals surface area contributed by atoms with E-state index in [2.05, 4.69) is 6.92 Å². The van der Waals surface area contributed by atoms with Crippen molar-refractivity contribution < 1.29 is 9.90 Å². The van der Waals surface area contributed by atoms with Gasteiger partial charge in [-0.2, -0.15) is 0 Å². The molecular formula is C18H34O2. The van der Waals surface area contributed by atoms with Crippen molar-refractivity contribution in [3.8, 4) is 0 Å². The third kappa shape index (κ3) is 15.4. The van der Waals surface area contributed by atoms with Gasteiger partial charge in [0.1, 0.15) is 6.29 Å². The predicted molar refractivity (Wildman–Crippen MR) is 86.9 cm³/mol. The number of unbranched alkanes of at least 4 members (excludes halogenated alkanes) is 10. The van der Waals surface area contributed by atoms with E-state index in [1.54, 1.807) is 6.08 Å². The number of aliphatic hydroxyl groups excluding tert-OH is 1. The molecule has 1 unspecified atom stereocenters. The van der Waals surface area contributed by atoms with Gasteiger partial charge in [0, 0.05) is 0 Å². The fourth-order valence-corrected chi connectivity index (χ4v) is 2.45. The van der Waals surface area contributed by atoms with Crippen molar-refractivity contribution in [2.45, 2.75) is 96.5 Å². The van der Waals surface area contributed by atoms with E-state index in [4.69, 9.17) is 0 Å². The van der Waals surface area contributed by atoms with Crippen molar-refractivity contribution in [1.82, 2.24) is 0 Å². The second-order valence-corrected chi connectivity index (χ2v) is 5.78. The van der Waals surface area contributed by atoms with Crippen LogP contribution in [0.25, 0.3) is 0 Å². The lowest BCUT2D eigenvalue weighted by atomic mass is 10.0. The minimum Gasteiger partial charge on any atom is -0.393 e. The highest BCUT2D eigenvalue weighted by molar-refractivity contribution is 5.64. The Morgan fingerprint density at radius 1 is 0.850 bits per heavy atom. The van der Waals surface area contributed by atoms with Gasteiger partial charge in [-0.15, -0.1) is 0 Å². The summed E-state index contributed by atoms with van der Waals surface area (Å²) >= 11 is 0. The molecule has 0 bridgehead atoms. The fraction of sp³-hybridized carbons (Fsp3) is 0.833. The summed E-state index contributed by atoms with van der Waals surface area (Å²) in [6.45, 7) is 2.26. The summed E-state index contributed by atoms with van der Waals surface area (Å²) < 4.78 is 0. The van der Waals surface area contributed by atoms with Gasteiger partial charge < -0.3 is 5.11 Å². The van der Waals surface area contributed by atoms with E-state index in [1.165, 1.54) is 70.3 Å². The summed E-state index contributed by atoms with van der Waals surface area (Å²) in [5, 5.41) is 9.65. The van der Waals surface area contributed by atoms with Crippen molar-refractivity contribution in [2.24, 2.45) is 0 Å². The standard InChI is InChI=1S/C18H34O2/c1-2-3-4-5-6-7-8-9-10-11-12-15-18(20)16-13-14-17-19/h13-14,17-18,20H,2-12,15-16H2,1H3. The van der Waals surface area contributed by atoms with E-state index >= 15 is 0 Å². The van der Waals surface area contributed by atoms with Gasteiger partial charge in [0.2, 0.25) is 0 Å². The molecule has 0 aliphatic rings. The number of carbonyl (C=O) groups excluding carboxylic acids is 1. The zero-order valence-corrected chi connectivity index (χ0v) is 13.4. The molecule has 0 saturated carbocycles. The molecule has 0 aliphatic heterocycles. The van der Waals surface area contributed by atoms with Crippen LogP contribution in [0.4, 0.5) is 0 Å². The zero-order valence-electron chi connectivity index (χ0n) is 13.4. The Hall–Kier alpha value is -0.630. The van der Waals surface area contributed by atoms with Crippen LogP contribution in [0.5, 0.6) is 0 Å². The first-order valence-electron chi connectivity index (χ1n) is 8.59. The Kier molecular flexibility index (Phi) is 15.9. The number of rotatable bonds is 15. The molecule has 118 valence electrons. The van der Waals surface area contributed by atoms with Gasteiger partial charge >= 0.3 is 0 Å².